The standard InChI is InChI=1S/C15H22N2O2/c1-2-17(13-8-10-16-11-9-13)14(15(18)19)12-6-4-3-5-7-12/h3-7,13-14,16H,2,8-11H2,1H3,(H,18,19). The molecule has 2 rings (SSSR count). The first kappa shape index (κ1) is 14.0. The lowest BCUT2D eigenvalue weighted by Crippen LogP contribution is -2.46. The Balaban J connectivity index is 2.23. The van der Waals surface area contributed by atoms with E-state index in [0.29, 0.717) is 6.04 Å². The summed E-state index contributed by atoms with van der Waals surface area (Å²) in [5.74, 6) is -0.758. The molecular weight excluding hydrogens is 240 g/mol. The van der Waals surface area contributed by atoms with Crippen LogP contribution in [0.5, 0.6) is 0 Å². The number of hydrogen-bond acceptors (Lipinski definition) is 3. The molecule has 0 spiro atoms. The van der Waals surface area contributed by atoms with Gasteiger partial charge in [-0.25, -0.2) is 0 Å². The van der Waals surface area contributed by atoms with E-state index in [1.807, 2.05) is 37.3 Å². The molecule has 1 aliphatic rings. The van der Waals surface area contributed by atoms with E-state index in [9.17, 15) is 9.90 Å². The predicted molar refractivity (Wildman–Crippen MR) is 75.1 cm³/mol. The van der Waals surface area contributed by atoms with Crippen molar-refractivity contribution in [3.8, 4) is 0 Å². The quantitative estimate of drug-likeness (QED) is 0.851. The van der Waals surface area contributed by atoms with Crippen LogP contribution in [-0.2, 0) is 4.79 Å². The molecule has 4 nitrogen and oxygen atoms in total. The minimum atomic E-state index is -0.758. The van der Waals surface area contributed by atoms with Gasteiger partial charge in [0.25, 0.3) is 0 Å². The molecule has 0 aliphatic carbocycles. The molecule has 19 heavy (non-hydrogen) atoms. The normalized spacial score (nSPS) is 18.4. The summed E-state index contributed by atoms with van der Waals surface area (Å²) < 4.78 is 0. The van der Waals surface area contributed by atoms with Gasteiger partial charge in [0, 0.05) is 6.04 Å². The summed E-state index contributed by atoms with van der Waals surface area (Å²) in [7, 11) is 0. The Bertz CT molecular complexity index is 402. The van der Waals surface area contributed by atoms with E-state index in [1.54, 1.807) is 0 Å². The molecule has 2 N–H and O–H groups in total. The fourth-order valence-electron chi connectivity index (χ4n) is 2.90. The summed E-state index contributed by atoms with van der Waals surface area (Å²) >= 11 is 0. The number of benzene rings is 1. The van der Waals surface area contributed by atoms with Gasteiger partial charge in [-0.2, -0.15) is 0 Å². The number of aliphatic carboxylic acids is 1. The van der Waals surface area contributed by atoms with Crippen LogP contribution in [0, 0.1) is 0 Å². The summed E-state index contributed by atoms with van der Waals surface area (Å²) in [6.45, 7) is 4.75. The highest BCUT2D eigenvalue weighted by atomic mass is 16.4. The van der Waals surface area contributed by atoms with E-state index in [1.165, 1.54) is 0 Å². The lowest BCUT2D eigenvalue weighted by Gasteiger charge is -2.37. The van der Waals surface area contributed by atoms with E-state index >= 15 is 0 Å². The van der Waals surface area contributed by atoms with Crippen molar-refractivity contribution in [2.45, 2.75) is 31.8 Å². The largest absolute Gasteiger partial charge is 0.480 e. The second-order valence-electron chi connectivity index (χ2n) is 4.96. The molecule has 0 saturated carbocycles. The maximum atomic E-state index is 11.7. The molecule has 0 amide bonds. The number of hydrogen-bond donors (Lipinski definition) is 2. The van der Waals surface area contributed by atoms with E-state index in [2.05, 4.69) is 10.2 Å². The Morgan fingerprint density at radius 2 is 2.00 bits per heavy atom. The highest BCUT2D eigenvalue weighted by Gasteiger charge is 2.32. The molecule has 1 aliphatic heterocycles. The highest BCUT2D eigenvalue weighted by molar-refractivity contribution is 5.75. The number of rotatable bonds is 5. The van der Waals surface area contributed by atoms with Crippen molar-refractivity contribution < 1.29 is 9.90 Å². The molecule has 1 heterocycles. The van der Waals surface area contributed by atoms with Gasteiger partial charge in [-0.3, -0.25) is 9.69 Å². The van der Waals surface area contributed by atoms with E-state index in [-0.39, 0.29) is 0 Å². The molecule has 1 aromatic rings. The minimum Gasteiger partial charge on any atom is -0.480 e. The van der Waals surface area contributed by atoms with Crippen molar-refractivity contribution in [1.82, 2.24) is 10.2 Å². The van der Waals surface area contributed by atoms with Crippen molar-refractivity contribution in [3.63, 3.8) is 0 Å². The van der Waals surface area contributed by atoms with Gasteiger partial charge < -0.3 is 10.4 Å². The predicted octanol–water partition coefficient (Wildman–Crippen LogP) is 1.89. The number of carboxylic acids is 1. The number of carboxylic acid groups (broad SMARTS) is 1. The van der Waals surface area contributed by atoms with Crippen molar-refractivity contribution in [2.24, 2.45) is 0 Å². The maximum Gasteiger partial charge on any atom is 0.325 e. The van der Waals surface area contributed by atoms with Gasteiger partial charge in [-0.05, 0) is 38.0 Å². The third kappa shape index (κ3) is 3.33. The smallest absolute Gasteiger partial charge is 0.325 e. The van der Waals surface area contributed by atoms with Gasteiger partial charge in [0.1, 0.15) is 6.04 Å². The molecule has 1 saturated heterocycles. The molecule has 1 unspecified atom stereocenters. The molecule has 0 radical (unpaired) electrons. The first-order valence-electron chi connectivity index (χ1n) is 6.98. The molecule has 1 atom stereocenters. The van der Waals surface area contributed by atoms with Crippen LogP contribution in [0.4, 0.5) is 0 Å². The van der Waals surface area contributed by atoms with Crippen LogP contribution in [0.15, 0.2) is 30.3 Å². The fourth-order valence-corrected chi connectivity index (χ4v) is 2.90. The molecular formula is C15H22N2O2. The van der Waals surface area contributed by atoms with Crippen LogP contribution in [0.3, 0.4) is 0 Å². The topological polar surface area (TPSA) is 52.6 Å². The molecule has 4 heteroatoms. The van der Waals surface area contributed by atoms with Crippen LogP contribution < -0.4 is 5.32 Å². The highest BCUT2D eigenvalue weighted by Crippen LogP contribution is 2.26. The van der Waals surface area contributed by atoms with Gasteiger partial charge in [-0.1, -0.05) is 37.3 Å². The molecule has 1 aromatic carbocycles. The summed E-state index contributed by atoms with van der Waals surface area (Å²) in [6, 6.07) is 9.36. The zero-order valence-electron chi connectivity index (χ0n) is 11.4. The summed E-state index contributed by atoms with van der Waals surface area (Å²) in [4.78, 5) is 13.8. The molecule has 104 valence electrons. The van der Waals surface area contributed by atoms with Crippen molar-refractivity contribution >= 4 is 5.97 Å². The van der Waals surface area contributed by atoms with Crippen molar-refractivity contribution in [3.05, 3.63) is 35.9 Å². The molecule has 0 aromatic heterocycles. The Morgan fingerprint density at radius 3 is 2.53 bits per heavy atom. The van der Waals surface area contributed by atoms with Gasteiger partial charge in [0.05, 0.1) is 0 Å². The van der Waals surface area contributed by atoms with E-state index < -0.39 is 12.0 Å². The van der Waals surface area contributed by atoms with Gasteiger partial charge in [-0.15, -0.1) is 0 Å². The summed E-state index contributed by atoms with van der Waals surface area (Å²) in [5.41, 5.74) is 0.871. The number of likely N-dealkylation sites (N-methyl/N-ethyl adjacent to an activating group) is 1. The lowest BCUT2D eigenvalue weighted by atomic mass is 9.98. The third-order valence-electron chi connectivity index (χ3n) is 3.82. The fraction of sp³-hybridized carbons (Fsp3) is 0.533. The van der Waals surface area contributed by atoms with Gasteiger partial charge in [0.2, 0.25) is 0 Å². The second kappa shape index (κ2) is 6.68. The number of nitrogens with zero attached hydrogens (tertiary/aromatic N) is 1. The monoisotopic (exact) mass is 262 g/mol. The summed E-state index contributed by atoms with van der Waals surface area (Å²) in [5, 5.41) is 12.9. The first-order valence-corrected chi connectivity index (χ1v) is 6.98. The Kier molecular flexibility index (Phi) is 4.93. The maximum absolute atomic E-state index is 11.7. The van der Waals surface area contributed by atoms with Gasteiger partial charge in [0.15, 0.2) is 0 Å². The number of nitrogens with one attached hydrogen (secondary N) is 1. The van der Waals surface area contributed by atoms with Crippen molar-refractivity contribution in [1.29, 1.82) is 0 Å². The SMILES string of the molecule is CCN(C1CCNCC1)C(C(=O)O)c1ccccc1. The zero-order valence-corrected chi connectivity index (χ0v) is 11.4. The average molecular weight is 262 g/mol. The van der Waals surface area contributed by atoms with Gasteiger partial charge >= 0.3 is 5.97 Å². The molecule has 1 fully saturated rings. The van der Waals surface area contributed by atoms with Crippen LogP contribution in [0.25, 0.3) is 0 Å². The van der Waals surface area contributed by atoms with Crippen LogP contribution >= 0.6 is 0 Å². The van der Waals surface area contributed by atoms with Crippen LogP contribution in [0.1, 0.15) is 31.4 Å². The Labute approximate surface area is 114 Å². The first-order chi connectivity index (χ1) is 9.24. The Morgan fingerprint density at radius 1 is 1.37 bits per heavy atom. The molecule has 0 bridgehead atoms. The van der Waals surface area contributed by atoms with E-state index in [4.69, 9.17) is 0 Å². The Hall–Kier alpha value is -1.39. The summed E-state index contributed by atoms with van der Waals surface area (Å²) in [6.07, 6.45) is 2.04. The number of piperidine rings is 1. The lowest BCUT2D eigenvalue weighted by molar-refractivity contribution is -0.144. The third-order valence-corrected chi connectivity index (χ3v) is 3.82. The minimum absolute atomic E-state index is 0.354. The van der Waals surface area contributed by atoms with E-state index in [0.717, 1.165) is 38.0 Å². The number of carbonyl (C=O) groups is 1. The van der Waals surface area contributed by atoms with Crippen molar-refractivity contribution in [2.75, 3.05) is 19.6 Å². The van der Waals surface area contributed by atoms with Crippen LogP contribution in [-0.4, -0.2) is 41.7 Å². The zero-order chi connectivity index (χ0) is 13.7. The van der Waals surface area contributed by atoms with Crippen LogP contribution in [0.2, 0.25) is 0 Å². The second-order valence-corrected chi connectivity index (χ2v) is 4.96. The average Bonchev–Trinajstić information content (AvgIpc) is 2.46.